The van der Waals surface area contributed by atoms with Gasteiger partial charge in [-0.15, -0.1) is 0 Å². The lowest BCUT2D eigenvalue weighted by Crippen LogP contribution is -2.22. The molecule has 146 valence electrons. The summed E-state index contributed by atoms with van der Waals surface area (Å²) in [5.74, 6) is 1.94. The van der Waals surface area contributed by atoms with Crippen molar-refractivity contribution >= 4 is 22.7 Å². The first-order valence-electron chi connectivity index (χ1n) is 9.20. The van der Waals surface area contributed by atoms with Gasteiger partial charge in [-0.1, -0.05) is 23.9 Å². The number of nitrogens with zero attached hydrogens (tertiary/aromatic N) is 2. The van der Waals surface area contributed by atoms with Crippen LogP contribution in [0.15, 0.2) is 52.4 Å². The van der Waals surface area contributed by atoms with E-state index < -0.39 is 0 Å². The van der Waals surface area contributed by atoms with Crippen molar-refractivity contribution in [1.82, 2.24) is 9.55 Å². The predicted octanol–water partition coefficient (Wildman–Crippen LogP) is 3.67. The number of rotatable bonds is 6. The number of para-hydroxylation sites is 1. The van der Waals surface area contributed by atoms with Gasteiger partial charge >= 0.3 is 0 Å². The molecular formula is C21H22N2O4S. The minimum atomic E-state index is -0.104. The Balaban J connectivity index is 1.83. The van der Waals surface area contributed by atoms with Crippen LogP contribution in [0.5, 0.6) is 11.5 Å². The van der Waals surface area contributed by atoms with Crippen LogP contribution in [-0.2, 0) is 4.74 Å². The van der Waals surface area contributed by atoms with Gasteiger partial charge in [-0.2, -0.15) is 0 Å². The largest absolute Gasteiger partial charge is 0.493 e. The third-order valence-corrected chi connectivity index (χ3v) is 5.86. The summed E-state index contributed by atoms with van der Waals surface area (Å²) in [6, 6.07) is 12.8. The summed E-state index contributed by atoms with van der Waals surface area (Å²) in [6.07, 6.45) is 2.33. The van der Waals surface area contributed by atoms with E-state index in [9.17, 15) is 4.79 Å². The lowest BCUT2D eigenvalue weighted by molar-refractivity contribution is 0.129. The van der Waals surface area contributed by atoms with Gasteiger partial charge < -0.3 is 14.2 Å². The molecule has 28 heavy (non-hydrogen) atoms. The van der Waals surface area contributed by atoms with Gasteiger partial charge in [-0.3, -0.25) is 9.36 Å². The number of thioether (sulfide) groups is 1. The van der Waals surface area contributed by atoms with Crippen molar-refractivity contribution in [3.8, 4) is 17.2 Å². The Morgan fingerprint density at radius 3 is 2.75 bits per heavy atom. The maximum absolute atomic E-state index is 13.3. The molecule has 1 aliphatic rings. The average Bonchev–Trinajstić information content (AvgIpc) is 3.25. The molecular weight excluding hydrogens is 376 g/mol. The topological polar surface area (TPSA) is 62.6 Å². The van der Waals surface area contributed by atoms with Gasteiger partial charge in [-0.25, -0.2) is 4.98 Å². The number of hydrogen-bond acceptors (Lipinski definition) is 6. The molecule has 1 fully saturated rings. The molecule has 1 aliphatic heterocycles. The van der Waals surface area contributed by atoms with Crippen molar-refractivity contribution in [2.24, 2.45) is 0 Å². The van der Waals surface area contributed by atoms with E-state index in [1.165, 1.54) is 0 Å². The molecule has 7 heteroatoms. The van der Waals surface area contributed by atoms with Gasteiger partial charge in [0.05, 0.1) is 36.9 Å². The minimum absolute atomic E-state index is 0.104. The maximum atomic E-state index is 13.3. The lowest BCUT2D eigenvalue weighted by atomic mass is 10.2. The zero-order valence-electron chi connectivity index (χ0n) is 15.9. The summed E-state index contributed by atoms with van der Waals surface area (Å²) < 4.78 is 18.1. The molecule has 0 amide bonds. The van der Waals surface area contributed by atoms with Crippen LogP contribution in [-0.4, -0.2) is 42.2 Å². The number of methoxy groups -OCH3 is 2. The van der Waals surface area contributed by atoms with E-state index >= 15 is 0 Å². The molecule has 0 aliphatic carbocycles. The van der Waals surface area contributed by atoms with E-state index in [1.807, 2.05) is 24.3 Å². The molecule has 6 nitrogen and oxygen atoms in total. The highest BCUT2D eigenvalue weighted by Crippen LogP contribution is 2.31. The summed E-state index contributed by atoms with van der Waals surface area (Å²) in [6.45, 7) is 0.804. The first kappa shape index (κ1) is 18.8. The fourth-order valence-corrected chi connectivity index (χ4v) is 4.42. The van der Waals surface area contributed by atoms with E-state index in [2.05, 4.69) is 0 Å². The van der Waals surface area contributed by atoms with Crippen LogP contribution in [0.1, 0.15) is 12.8 Å². The van der Waals surface area contributed by atoms with Crippen molar-refractivity contribution in [3.05, 3.63) is 52.8 Å². The van der Waals surface area contributed by atoms with Gasteiger partial charge in [0.25, 0.3) is 5.56 Å². The number of aromatic nitrogens is 2. The number of hydrogen-bond donors (Lipinski definition) is 0. The Kier molecular flexibility index (Phi) is 5.54. The fourth-order valence-electron chi connectivity index (χ4n) is 3.34. The van der Waals surface area contributed by atoms with Crippen LogP contribution in [0.2, 0.25) is 0 Å². The quantitative estimate of drug-likeness (QED) is 0.466. The number of ether oxygens (including phenoxy) is 3. The zero-order chi connectivity index (χ0) is 19.5. The second-order valence-corrected chi connectivity index (χ2v) is 7.52. The molecule has 0 radical (unpaired) electrons. The Morgan fingerprint density at radius 2 is 2.00 bits per heavy atom. The second kappa shape index (κ2) is 8.24. The van der Waals surface area contributed by atoms with Crippen LogP contribution in [0.4, 0.5) is 0 Å². The van der Waals surface area contributed by atoms with Gasteiger partial charge in [0.1, 0.15) is 0 Å². The Bertz CT molecular complexity index is 1040. The third kappa shape index (κ3) is 3.59. The van der Waals surface area contributed by atoms with Gasteiger partial charge in [-0.05, 0) is 37.1 Å². The molecule has 1 saturated heterocycles. The van der Waals surface area contributed by atoms with E-state index in [1.54, 1.807) is 48.7 Å². The van der Waals surface area contributed by atoms with Crippen LogP contribution in [0.25, 0.3) is 16.6 Å². The summed E-state index contributed by atoms with van der Waals surface area (Å²) >= 11 is 1.55. The van der Waals surface area contributed by atoms with Gasteiger partial charge in [0.2, 0.25) is 0 Å². The first-order valence-corrected chi connectivity index (χ1v) is 10.2. The molecule has 3 aromatic rings. The predicted molar refractivity (Wildman–Crippen MR) is 110 cm³/mol. The van der Waals surface area contributed by atoms with Gasteiger partial charge in [0, 0.05) is 18.4 Å². The molecule has 1 atom stereocenters. The third-order valence-electron chi connectivity index (χ3n) is 4.79. The fraction of sp³-hybridized carbons (Fsp3) is 0.333. The SMILES string of the molecule is COc1ccc(-n2c(SC[C@H]3CCCO3)nc3ccccc3c2=O)cc1OC. The van der Waals surface area contributed by atoms with E-state index in [0.29, 0.717) is 33.2 Å². The van der Waals surface area contributed by atoms with Crippen molar-refractivity contribution in [1.29, 1.82) is 0 Å². The Hall–Kier alpha value is -2.51. The number of benzene rings is 2. The molecule has 0 saturated carbocycles. The average molecular weight is 398 g/mol. The van der Waals surface area contributed by atoms with Crippen LogP contribution in [0.3, 0.4) is 0 Å². The van der Waals surface area contributed by atoms with E-state index in [4.69, 9.17) is 19.2 Å². The first-order chi connectivity index (χ1) is 13.7. The summed E-state index contributed by atoms with van der Waals surface area (Å²) in [4.78, 5) is 18.1. The molecule has 0 unspecified atom stereocenters. The number of fused-ring (bicyclic) bond motifs is 1. The monoisotopic (exact) mass is 398 g/mol. The molecule has 2 aromatic carbocycles. The standard InChI is InChI=1S/C21H22N2O4S/c1-25-18-10-9-14(12-19(18)26-2)23-20(24)16-7-3-4-8-17(16)22-21(23)28-13-15-6-5-11-27-15/h3-4,7-10,12,15H,5-6,11,13H2,1-2H3/t15-/m1/s1. The highest BCUT2D eigenvalue weighted by Gasteiger charge is 2.19. The Morgan fingerprint density at radius 1 is 1.18 bits per heavy atom. The van der Waals surface area contributed by atoms with Crippen LogP contribution >= 0.6 is 11.8 Å². The van der Waals surface area contributed by atoms with E-state index in [-0.39, 0.29) is 11.7 Å². The smallest absolute Gasteiger partial charge is 0.266 e. The van der Waals surface area contributed by atoms with Crippen molar-refractivity contribution in [3.63, 3.8) is 0 Å². The Labute approximate surface area is 167 Å². The summed E-state index contributed by atoms with van der Waals surface area (Å²) in [5, 5.41) is 1.23. The molecule has 0 spiro atoms. The van der Waals surface area contributed by atoms with Crippen LogP contribution in [0, 0.1) is 0 Å². The van der Waals surface area contributed by atoms with Crippen molar-refractivity contribution in [2.75, 3.05) is 26.6 Å². The maximum Gasteiger partial charge on any atom is 0.266 e. The van der Waals surface area contributed by atoms with E-state index in [0.717, 1.165) is 25.2 Å². The summed E-state index contributed by atoms with van der Waals surface area (Å²) in [7, 11) is 3.17. The minimum Gasteiger partial charge on any atom is -0.493 e. The molecule has 2 heterocycles. The molecule has 0 N–H and O–H groups in total. The normalized spacial score (nSPS) is 16.4. The zero-order valence-corrected chi connectivity index (χ0v) is 16.7. The second-order valence-electron chi connectivity index (χ2n) is 6.54. The van der Waals surface area contributed by atoms with Crippen molar-refractivity contribution < 1.29 is 14.2 Å². The van der Waals surface area contributed by atoms with Gasteiger partial charge in [0.15, 0.2) is 16.7 Å². The molecule has 4 rings (SSSR count). The highest BCUT2D eigenvalue weighted by molar-refractivity contribution is 7.99. The highest BCUT2D eigenvalue weighted by atomic mass is 32.2. The molecule has 0 bridgehead atoms. The molecule has 1 aromatic heterocycles. The van der Waals surface area contributed by atoms with Crippen molar-refractivity contribution in [2.45, 2.75) is 24.1 Å². The lowest BCUT2D eigenvalue weighted by Gasteiger charge is -2.16. The van der Waals surface area contributed by atoms with Crippen LogP contribution < -0.4 is 15.0 Å². The summed E-state index contributed by atoms with van der Waals surface area (Å²) in [5.41, 5.74) is 1.28.